The molecule has 1 aromatic rings. The van der Waals surface area contributed by atoms with Gasteiger partial charge in [-0.1, -0.05) is 17.7 Å². The summed E-state index contributed by atoms with van der Waals surface area (Å²) >= 11 is 0. The molecule has 162 valence electrons. The van der Waals surface area contributed by atoms with E-state index in [2.05, 4.69) is 0 Å². The number of carbonyl (C=O) groups is 1. The minimum absolute atomic E-state index is 0.182. The van der Waals surface area contributed by atoms with Gasteiger partial charge in [-0.15, -0.1) is 0 Å². The topological polar surface area (TPSA) is 85.4 Å². The Labute approximate surface area is 172 Å². The van der Waals surface area contributed by atoms with E-state index in [4.69, 9.17) is 14.2 Å². The third-order valence-corrected chi connectivity index (χ3v) is 7.11. The van der Waals surface area contributed by atoms with Gasteiger partial charge < -0.3 is 19.1 Å². The van der Waals surface area contributed by atoms with E-state index in [0.29, 0.717) is 72.1 Å². The van der Waals surface area contributed by atoms with Crippen molar-refractivity contribution in [2.45, 2.75) is 30.7 Å². The Kier molecular flexibility index (Phi) is 8.02. The van der Waals surface area contributed by atoms with E-state index in [1.165, 1.54) is 4.31 Å². The van der Waals surface area contributed by atoms with Gasteiger partial charge in [0.15, 0.2) is 0 Å². The Balaban J connectivity index is 1.72. The molecule has 8 nitrogen and oxygen atoms in total. The lowest BCUT2D eigenvalue weighted by Gasteiger charge is -2.30. The monoisotopic (exact) mass is 426 g/mol. The second kappa shape index (κ2) is 10.5. The summed E-state index contributed by atoms with van der Waals surface area (Å²) in [5.41, 5.74) is 0.989. The molecular weight excluding hydrogens is 396 g/mol. The summed E-state index contributed by atoms with van der Waals surface area (Å²) in [5.74, 6) is -0.182. The molecular formula is C20H30N2O6S. The fourth-order valence-corrected chi connectivity index (χ4v) is 5.21. The highest BCUT2D eigenvalue weighted by Gasteiger charge is 2.41. The second-order valence-electron chi connectivity index (χ2n) is 7.25. The quantitative estimate of drug-likeness (QED) is 0.718. The predicted octanol–water partition coefficient (Wildman–Crippen LogP) is 1.04. The molecule has 0 aliphatic carbocycles. The first-order chi connectivity index (χ1) is 14.0. The van der Waals surface area contributed by atoms with Crippen LogP contribution in [0, 0.1) is 6.92 Å². The highest BCUT2D eigenvalue weighted by atomic mass is 32.2. The number of sulfonamides is 1. The Morgan fingerprint density at radius 3 is 2.03 bits per heavy atom. The van der Waals surface area contributed by atoms with Crippen LogP contribution in [-0.2, 0) is 29.0 Å². The van der Waals surface area contributed by atoms with Crippen molar-refractivity contribution in [3.63, 3.8) is 0 Å². The van der Waals surface area contributed by atoms with Crippen LogP contribution in [0.15, 0.2) is 29.2 Å². The molecule has 3 rings (SSSR count). The van der Waals surface area contributed by atoms with Gasteiger partial charge in [0.1, 0.15) is 6.04 Å². The molecule has 0 bridgehead atoms. The number of amides is 1. The number of nitrogens with zero attached hydrogens (tertiary/aromatic N) is 2. The summed E-state index contributed by atoms with van der Waals surface area (Å²) in [4.78, 5) is 15.1. The second-order valence-corrected chi connectivity index (χ2v) is 9.14. The van der Waals surface area contributed by atoms with Crippen LogP contribution >= 0.6 is 0 Å². The zero-order valence-corrected chi connectivity index (χ0v) is 17.7. The fourth-order valence-electron chi connectivity index (χ4n) is 3.55. The summed E-state index contributed by atoms with van der Waals surface area (Å²) in [7, 11) is -3.72. The molecule has 0 saturated carbocycles. The van der Waals surface area contributed by atoms with Crippen LogP contribution in [0.5, 0.6) is 0 Å². The van der Waals surface area contributed by atoms with Gasteiger partial charge in [-0.25, -0.2) is 8.42 Å². The van der Waals surface area contributed by atoms with Gasteiger partial charge in [0.05, 0.1) is 44.5 Å². The summed E-state index contributed by atoms with van der Waals surface area (Å²) in [5, 5.41) is 0. The minimum atomic E-state index is -3.72. The third kappa shape index (κ3) is 5.76. The molecule has 1 atom stereocenters. The van der Waals surface area contributed by atoms with Crippen molar-refractivity contribution in [3.8, 4) is 0 Å². The lowest BCUT2D eigenvalue weighted by molar-refractivity contribution is -0.136. The van der Waals surface area contributed by atoms with Gasteiger partial charge in [-0.2, -0.15) is 4.31 Å². The summed E-state index contributed by atoms with van der Waals surface area (Å²) in [6, 6.07) is 6.07. The molecule has 2 saturated heterocycles. The lowest BCUT2D eigenvalue weighted by atomic mass is 10.2. The highest BCUT2D eigenvalue weighted by Crippen LogP contribution is 2.27. The molecule has 1 amide bonds. The molecule has 2 aliphatic heterocycles. The van der Waals surface area contributed by atoms with Gasteiger partial charge in [0.2, 0.25) is 15.9 Å². The molecule has 1 unspecified atom stereocenters. The molecule has 0 radical (unpaired) electrons. The van der Waals surface area contributed by atoms with Crippen molar-refractivity contribution in [2.24, 2.45) is 0 Å². The highest BCUT2D eigenvalue weighted by molar-refractivity contribution is 7.89. The number of rotatable bonds is 3. The Morgan fingerprint density at radius 2 is 1.45 bits per heavy atom. The number of benzene rings is 1. The van der Waals surface area contributed by atoms with Crippen molar-refractivity contribution < 1.29 is 27.4 Å². The number of hydrogen-bond acceptors (Lipinski definition) is 6. The zero-order valence-electron chi connectivity index (χ0n) is 16.9. The average Bonchev–Trinajstić information content (AvgIpc) is 3.19. The lowest BCUT2D eigenvalue weighted by Crippen LogP contribution is -2.49. The van der Waals surface area contributed by atoms with E-state index in [1.807, 2.05) is 6.92 Å². The van der Waals surface area contributed by atoms with Gasteiger partial charge in [0.25, 0.3) is 0 Å². The number of carbonyl (C=O) groups excluding carboxylic acids is 1. The maximum Gasteiger partial charge on any atom is 0.243 e. The van der Waals surface area contributed by atoms with Crippen LogP contribution in [0.2, 0.25) is 0 Å². The third-order valence-electron chi connectivity index (χ3n) is 5.18. The first-order valence-corrected chi connectivity index (χ1v) is 11.5. The van der Waals surface area contributed by atoms with Gasteiger partial charge in [-0.3, -0.25) is 4.79 Å². The van der Waals surface area contributed by atoms with E-state index in [1.54, 1.807) is 29.2 Å². The Morgan fingerprint density at radius 1 is 0.897 bits per heavy atom. The van der Waals surface area contributed by atoms with E-state index >= 15 is 0 Å². The van der Waals surface area contributed by atoms with Crippen LogP contribution in [-0.4, -0.2) is 88.8 Å². The molecule has 0 N–H and O–H groups in total. The van der Waals surface area contributed by atoms with Crippen molar-refractivity contribution in [1.29, 1.82) is 0 Å². The molecule has 2 heterocycles. The predicted molar refractivity (Wildman–Crippen MR) is 107 cm³/mol. The van der Waals surface area contributed by atoms with Gasteiger partial charge in [-0.05, 0) is 31.9 Å². The zero-order chi connectivity index (χ0) is 20.7. The molecule has 0 spiro atoms. The van der Waals surface area contributed by atoms with Crippen molar-refractivity contribution in [2.75, 3.05) is 59.3 Å². The number of ether oxygens (including phenoxy) is 3. The Hall–Kier alpha value is -1.52. The van der Waals surface area contributed by atoms with Crippen LogP contribution < -0.4 is 0 Å². The van der Waals surface area contributed by atoms with Crippen molar-refractivity contribution in [3.05, 3.63) is 29.8 Å². The molecule has 1 aromatic carbocycles. The number of aryl methyl sites for hydroxylation is 1. The summed E-state index contributed by atoms with van der Waals surface area (Å²) in [6.45, 7) is 5.72. The van der Waals surface area contributed by atoms with E-state index in [0.717, 1.165) is 5.56 Å². The van der Waals surface area contributed by atoms with E-state index in [-0.39, 0.29) is 10.8 Å². The Bertz CT molecular complexity index is 756. The number of hydrogen-bond donors (Lipinski definition) is 0. The first kappa shape index (κ1) is 22.2. The molecule has 2 aliphatic rings. The molecule has 9 heteroatoms. The van der Waals surface area contributed by atoms with Crippen LogP contribution in [0.3, 0.4) is 0 Å². The minimum Gasteiger partial charge on any atom is -0.377 e. The van der Waals surface area contributed by atoms with Gasteiger partial charge in [0, 0.05) is 19.6 Å². The van der Waals surface area contributed by atoms with E-state index in [9.17, 15) is 13.2 Å². The first-order valence-electron chi connectivity index (χ1n) is 10.1. The van der Waals surface area contributed by atoms with Crippen molar-refractivity contribution >= 4 is 15.9 Å². The maximum atomic E-state index is 13.2. The van der Waals surface area contributed by atoms with Crippen LogP contribution in [0.4, 0.5) is 0 Å². The molecule has 2 fully saturated rings. The standard InChI is InChI=1S/C20H30N2O6S/c1-17-4-6-18(7-5-17)29(24,25)22-8-2-3-19(22)20(23)21-9-11-26-13-15-28-16-14-27-12-10-21/h4-7,19H,2-3,8-16H2,1H3. The van der Waals surface area contributed by atoms with Crippen LogP contribution in [0.25, 0.3) is 0 Å². The van der Waals surface area contributed by atoms with E-state index < -0.39 is 16.1 Å². The summed E-state index contributed by atoms with van der Waals surface area (Å²) in [6.07, 6.45) is 1.19. The largest absolute Gasteiger partial charge is 0.377 e. The van der Waals surface area contributed by atoms with Crippen molar-refractivity contribution in [1.82, 2.24) is 9.21 Å². The fraction of sp³-hybridized carbons (Fsp3) is 0.650. The average molecular weight is 427 g/mol. The molecule has 0 aromatic heterocycles. The molecule has 29 heavy (non-hydrogen) atoms. The summed E-state index contributed by atoms with van der Waals surface area (Å²) < 4.78 is 44.1. The SMILES string of the molecule is Cc1ccc(S(=O)(=O)N2CCCC2C(=O)N2CCOCCOCCOCC2)cc1. The maximum absolute atomic E-state index is 13.2. The van der Waals surface area contributed by atoms with Crippen LogP contribution in [0.1, 0.15) is 18.4 Å². The normalized spacial score (nSPS) is 23.3. The van der Waals surface area contributed by atoms with Gasteiger partial charge >= 0.3 is 0 Å². The smallest absolute Gasteiger partial charge is 0.243 e.